The molecule has 1 aliphatic heterocycles. The zero-order valence-electron chi connectivity index (χ0n) is 17.8. The summed E-state index contributed by atoms with van der Waals surface area (Å²) < 4.78 is 5.25. The predicted octanol–water partition coefficient (Wildman–Crippen LogP) is 5.31. The minimum atomic E-state index is -0.692. The van der Waals surface area contributed by atoms with Gasteiger partial charge < -0.3 is 9.84 Å². The first-order chi connectivity index (χ1) is 14.8. The maximum Gasteiger partial charge on any atom is 0.300 e. The average molecular weight is 434 g/mol. The van der Waals surface area contributed by atoms with Gasteiger partial charge in [0.15, 0.2) is 0 Å². The Kier molecular flexibility index (Phi) is 5.41. The second-order valence-electron chi connectivity index (χ2n) is 7.66. The van der Waals surface area contributed by atoms with Crippen molar-refractivity contribution >= 4 is 34.5 Å². The van der Waals surface area contributed by atoms with Crippen LogP contribution in [0.4, 0.5) is 5.69 Å². The molecule has 6 heteroatoms. The average Bonchev–Trinajstić information content (AvgIpc) is 3.35. The third-order valence-electron chi connectivity index (χ3n) is 5.56. The third-order valence-corrected chi connectivity index (χ3v) is 6.48. The van der Waals surface area contributed by atoms with Gasteiger partial charge in [-0.1, -0.05) is 23.8 Å². The fourth-order valence-electron chi connectivity index (χ4n) is 4.05. The smallest absolute Gasteiger partial charge is 0.300 e. The molecule has 4 rings (SSSR count). The number of thiophene rings is 1. The molecule has 0 radical (unpaired) electrons. The lowest BCUT2D eigenvalue weighted by Gasteiger charge is -2.26. The lowest BCUT2D eigenvalue weighted by molar-refractivity contribution is -0.132. The fourth-order valence-corrected chi connectivity index (χ4v) is 4.87. The van der Waals surface area contributed by atoms with Gasteiger partial charge in [0.1, 0.15) is 17.6 Å². The van der Waals surface area contributed by atoms with E-state index >= 15 is 0 Å². The number of hydrogen-bond donors (Lipinski definition) is 1. The van der Waals surface area contributed by atoms with E-state index in [1.807, 2.05) is 56.5 Å². The zero-order chi connectivity index (χ0) is 22.3. The second-order valence-corrected chi connectivity index (χ2v) is 8.63. The van der Waals surface area contributed by atoms with E-state index in [4.69, 9.17) is 4.74 Å². The number of Topliss-reactive ketones (excluding diaryl/α,β-unsaturated/α-hetero) is 1. The number of aryl methyl sites for hydroxylation is 3. The van der Waals surface area contributed by atoms with E-state index in [0.29, 0.717) is 17.0 Å². The lowest BCUT2D eigenvalue weighted by atomic mass is 9.97. The van der Waals surface area contributed by atoms with Crippen LogP contribution in [-0.4, -0.2) is 23.9 Å². The van der Waals surface area contributed by atoms with Gasteiger partial charge in [-0.15, -0.1) is 11.3 Å². The van der Waals surface area contributed by atoms with Crippen molar-refractivity contribution < 1.29 is 19.4 Å². The number of anilines is 1. The Morgan fingerprint density at radius 3 is 2.42 bits per heavy atom. The van der Waals surface area contributed by atoms with Crippen molar-refractivity contribution in [1.82, 2.24) is 0 Å². The van der Waals surface area contributed by atoms with Gasteiger partial charge in [-0.25, -0.2) is 0 Å². The summed E-state index contributed by atoms with van der Waals surface area (Å²) >= 11 is 1.45. The van der Waals surface area contributed by atoms with Crippen molar-refractivity contribution in [3.63, 3.8) is 0 Å². The molecule has 1 saturated heterocycles. The molecule has 2 heterocycles. The fraction of sp³-hybridized carbons (Fsp3) is 0.200. The molecule has 158 valence electrons. The molecule has 1 unspecified atom stereocenters. The molecule has 3 aromatic rings. The largest absolute Gasteiger partial charge is 0.507 e. The maximum atomic E-state index is 13.2. The Morgan fingerprint density at radius 1 is 1.03 bits per heavy atom. The van der Waals surface area contributed by atoms with Crippen molar-refractivity contribution in [3.8, 4) is 5.75 Å². The molecule has 0 aliphatic carbocycles. The summed E-state index contributed by atoms with van der Waals surface area (Å²) in [7, 11) is 1.57. The highest BCUT2D eigenvalue weighted by molar-refractivity contribution is 7.10. The number of nitrogens with zero attached hydrogens (tertiary/aromatic N) is 1. The summed E-state index contributed by atoms with van der Waals surface area (Å²) in [6, 6.07) is 14.0. The SMILES string of the molecule is COc1ccc(/C(O)=C2/C(=O)C(=O)N(c3ccc(C)cc3C)C2c2cccs2)c(C)c1. The number of ether oxygens (including phenoxy) is 1. The summed E-state index contributed by atoms with van der Waals surface area (Å²) in [5.41, 5.74) is 3.97. The molecule has 1 N–H and O–H groups in total. The van der Waals surface area contributed by atoms with Crippen LogP contribution >= 0.6 is 11.3 Å². The highest BCUT2D eigenvalue weighted by Crippen LogP contribution is 2.44. The van der Waals surface area contributed by atoms with E-state index in [1.54, 1.807) is 25.3 Å². The van der Waals surface area contributed by atoms with Gasteiger partial charge in [0.2, 0.25) is 0 Å². The van der Waals surface area contributed by atoms with Crippen molar-refractivity contribution in [1.29, 1.82) is 0 Å². The summed E-state index contributed by atoms with van der Waals surface area (Å²) in [6.45, 7) is 5.73. The molecule has 1 amide bonds. The van der Waals surface area contributed by atoms with Crippen LogP contribution in [0.3, 0.4) is 0 Å². The molecule has 1 fully saturated rings. The van der Waals surface area contributed by atoms with Gasteiger partial charge in [0.25, 0.3) is 11.7 Å². The number of aliphatic hydroxyl groups is 1. The van der Waals surface area contributed by atoms with E-state index in [0.717, 1.165) is 21.6 Å². The number of methoxy groups -OCH3 is 1. The van der Waals surface area contributed by atoms with E-state index < -0.39 is 17.7 Å². The number of ketones is 1. The van der Waals surface area contributed by atoms with Crippen molar-refractivity contribution in [2.75, 3.05) is 12.0 Å². The zero-order valence-corrected chi connectivity index (χ0v) is 18.6. The van der Waals surface area contributed by atoms with Crippen LogP contribution in [0.5, 0.6) is 5.75 Å². The Labute approximate surface area is 185 Å². The van der Waals surface area contributed by atoms with Gasteiger partial charge in [-0.3, -0.25) is 14.5 Å². The van der Waals surface area contributed by atoms with Crippen molar-refractivity contribution in [3.05, 3.63) is 86.6 Å². The normalized spacial score (nSPS) is 17.9. The van der Waals surface area contributed by atoms with Gasteiger partial charge in [0, 0.05) is 16.1 Å². The molecule has 2 aromatic carbocycles. The molecule has 0 bridgehead atoms. The van der Waals surface area contributed by atoms with Crippen LogP contribution in [0.25, 0.3) is 5.76 Å². The number of aliphatic hydroxyl groups excluding tert-OH is 1. The standard InChI is InChI=1S/C25H23NO4S/c1-14-7-10-19(16(3)12-14)26-22(20-6-5-11-31-20)21(24(28)25(26)29)23(27)18-9-8-17(30-4)13-15(18)2/h5-13,22,27H,1-4H3/b23-21-. The molecule has 1 aliphatic rings. The van der Waals surface area contributed by atoms with Crippen LogP contribution < -0.4 is 9.64 Å². The number of benzene rings is 2. The van der Waals surface area contributed by atoms with E-state index in [9.17, 15) is 14.7 Å². The van der Waals surface area contributed by atoms with Gasteiger partial charge >= 0.3 is 0 Å². The number of amides is 1. The topological polar surface area (TPSA) is 66.8 Å². The highest BCUT2D eigenvalue weighted by Gasteiger charge is 2.47. The summed E-state index contributed by atoms with van der Waals surface area (Å²) in [5, 5.41) is 13.1. The quantitative estimate of drug-likeness (QED) is 0.344. The molecular weight excluding hydrogens is 410 g/mol. The number of hydrogen-bond acceptors (Lipinski definition) is 5. The molecule has 0 saturated carbocycles. The summed E-state index contributed by atoms with van der Waals surface area (Å²) in [6.07, 6.45) is 0. The molecular formula is C25H23NO4S. The van der Waals surface area contributed by atoms with E-state index in [2.05, 4.69) is 0 Å². The van der Waals surface area contributed by atoms with Crippen LogP contribution in [0.15, 0.2) is 59.5 Å². The molecule has 5 nitrogen and oxygen atoms in total. The first-order valence-corrected chi connectivity index (χ1v) is 10.8. The summed E-state index contributed by atoms with van der Waals surface area (Å²) in [5.74, 6) is -0.854. The molecule has 1 atom stereocenters. The molecule has 0 spiro atoms. The van der Waals surface area contributed by atoms with Crippen molar-refractivity contribution in [2.45, 2.75) is 26.8 Å². The Hall–Kier alpha value is -3.38. The van der Waals surface area contributed by atoms with E-state index in [-0.39, 0.29) is 11.3 Å². The Bertz CT molecular complexity index is 1210. The highest BCUT2D eigenvalue weighted by atomic mass is 32.1. The van der Waals surface area contributed by atoms with Crippen molar-refractivity contribution in [2.24, 2.45) is 0 Å². The first-order valence-electron chi connectivity index (χ1n) is 9.90. The monoisotopic (exact) mass is 433 g/mol. The van der Waals surface area contributed by atoms with Crippen LogP contribution in [-0.2, 0) is 9.59 Å². The second kappa shape index (κ2) is 8.04. The molecule has 1 aromatic heterocycles. The predicted molar refractivity (Wildman–Crippen MR) is 123 cm³/mol. The lowest BCUT2D eigenvalue weighted by Crippen LogP contribution is -2.29. The van der Waals surface area contributed by atoms with Crippen LogP contribution in [0, 0.1) is 20.8 Å². The van der Waals surface area contributed by atoms with Gasteiger partial charge in [0.05, 0.1) is 12.7 Å². The number of carbonyl (C=O) groups excluding carboxylic acids is 2. The minimum absolute atomic E-state index is 0.0979. The van der Waals surface area contributed by atoms with Crippen LogP contribution in [0.2, 0.25) is 0 Å². The first kappa shape index (κ1) is 20.9. The Balaban J connectivity index is 1.94. The maximum absolute atomic E-state index is 13.2. The summed E-state index contributed by atoms with van der Waals surface area (Å²) in [4.78, 5) is 28.7. The van der Waals surface area contributed by atoms with E-state index in [1.165, 1.54) is 16.2 Å². The molecule has 31 heavy (non-hydrogen) atoms. The van der Waals surface area contributed by atoms with Crippen LogP contribution in [0.1, 0.15) is 33.2 Å². The number of carbonyl (C=O) groups is 2. The minimum Gasteiger partial charge on any atom is -0.507 e. The van der Waals surface area contributed by atoms with Gasteiger partial charge in [-0.2, -0.15) is 0 Å². The van der Waals surface area contributed by atoms with Gasteiger partial charge in [-0.05, 0) is 67.6 Å². The number of rotatable bonds is 4. The third kappa shape index (κ3) is 3.53. The Morgan fingerprint density at radius 2 is 1.81 bits per heavy atom.